The summed E-state index contributed by atoms with van der Waals surface area (Å²) in [6.45, 7) is 4.46. The molecule has 0 radical (unpaired) electrons. The van der Waals surface area contributed by atoms with Crippen LogP contribution in [0.4, 0.5) is 5.69 Å². The van der Waals surface area contributed by atoms with E-state index in [0.29, 0.717) is 19.7 Å². The summed E-state index contributed by atoms with van der Waals surface area (Å²) in [7, 11) is 0. The molecule has 1 fully saturated rings. The maximum Gasteiger partial charge on any atom is 0.238 e. The minimum Gasteiger partial charge on any atom is -0.371 e. The lowest BCUT2D eigenvalue weighted by Gasteiger charge is -2.32. The molecule has 0 bridgehead atoms. The SMILES string of the molecule is Cc1cc(Br)ccc1NC(=O)CN1CCOC(c2ccc(Br)cc2)C1. The molecule has 0 saturated carbocycles. The average molecular weight is 468 g/mol. The second-order valence-corrected chi connectivity index (χ2v) is 7.98. The van der Waals surface area contributed by atoms with Gasteiger partial charge in [-0.1, -0.05) is 44.0 Å². The van der Waals surface area contributed by atoms with Crippen LogP contribution in [0.2, 0.25) is 0 Å². The largest absolute Gasteiger partial charge is 0.371 e. The molecular weight excluding hydrogens is 448 g/mol. The molecule has 1 unspecified atom stereocenters. The maximum atomic E-state index is 12.4. The molecule has 0 aromatic heterocycles. The molecule has 0 aliphatic carbocycles. The van der Waals surface area contributed by atoms with Gasteiger partial charge < -0.3 is 10.1 Å². The van der Waals surface area contributed by atoms with Gasteiger partial charge in [0, 0.05) is 27.7 Å². The van der Waals surface area contributed by atoms with Crippen molar-refractivity contribution in [3.63, 3.8) is 0 Å². The van der Waals surface area contributed by atoms with Gasteiger partial charge >= 0.3 is 0 Å². The Balaban J connectivity index is 1.58. The molecule has 1 amide bonds. The van der Waals surface area contributed by atoms with E-state index in [1.807, 2.05) is 37.3 Å². The highest BCUT2D eigenvalue weighted by molar-refractivity contribution is 9.10. The Hall–Kier alpha value is -1.21. The highest BCUT2D eigenvalue weighted by atomic mass is 79.9. The summed E-state index contributed by atoms with van der Waals surface area (Å²) >= 11 is 6.89. The van der Waals surface area contributed by atoms with E-state index in [1.54, 1.807) is 0 Å². The van der Waals surface area contributed by atoms with Crippen molar-refractivity contribution >= 4 is 43.5 Å². The first-order chi connectivity index (χ1) is 12.0. The van der Waals surface area contributed by atoms with Gasteiger partial charge in [-0.25, -0.2) is 0 Å². The molecule has 1 heterocycles. The van der Waals surface area contributed by atoms with Gasteiger partial charge in [-0.15, -0.1) is 0 Å². The molecule has 1 saturated heterocycles. The minimum atomic E-state index is 0.00174. The molecular formula is C19H20Br2N2O2. The number of rotatable bonds is 4. The maximum absolute atomic E-state index is 12.4. The van der Waals surface area contributed by atoms with Crippen LogP contribution in [0.1, 0.15) is 17.2 Å². The topological polar surface area (TPSA) is 41.6 Å². The molecule has 1 aliphatic rings. The lowest BCUT2D eigenvalue weighted by molar-refractivity contribution is -0.119. The van der Waals surface area contributed by atoms with Crippen molar-refractivity contribution in [2.45, 2.75) is 13.0 Å². The fraction of sp³-hybridized carbons (Fsp3) is 0.316. The number of carbonyl (C=O) groups is 1. The van der Waals surface area contributed by atoms with E-state index >= 15 is 0 Å². The fourth-order valence-electron chi connectivity index (χ4n) is 2.89. The number of nitrogens with zero attached hydrogens (tertiary/aromatic N) is 1. The molecule has 25 heavy (non-hydrogen) atoms. The van der Waals surface area contributed by atoms with Crippen molar-refractivity contribution in [3.8, 4) is 0 Å². The summed E-state index contributed by atoms with van der Waals surface area (Å²) in [5.74, 6) is 0.00174. The summed E-state index contributed by atoms with van der Waals surface area (Å²) in [4.78, 5) is 14.5. The van der Waals surface area contributed by atoms with Crippen molar-refractivity contribution in [2.75, 3.05) is 31.6 Å². The third-order valence-electron chi connectivity index (χ3n) is 4.22. The Kier molecular flexibility index (Phi) is 6.28. The van der Waals surface area contributed by atoms with Crippen LogP contribution in [-0.2, 0) is 9.53 Å². The van der Waals surface area contributed by atoms with Gasteiger partial charge in [-0.2, -0.15) is 0 Å². The molecule has 4 nitrogen and oxygen atoms in total. The van der Waals surface area contributed by atoms with Crippen molar-refractivity contribution < 1.29 is 9.53 Å². The van der Waals surface area contributed by atoms with Gasteiger partial charge in [-0.05, 0) is 48.4 Å². The van der Waals surface area contributed by atoms with Gasteiger partial charge in [0.15, 0.2) is 0 Å². The Morgan fingerprint density at radius 2 is 1.92 bits per heavy atom. The monoisotopic (exact) mass is 466 g/mol. The van der Waals surface area contributed by atoms with E-state index in [-0.39, 0.29) is 12.0 Å². The zero-order valence-corrected chi connectivity index (χ0v) is 17.1. The number of amides is 1. The van der Waals surface area contributed by atoms with Crippen LogP contribution in [0.25, 0.3) is 0 Å². The number of ether oxygens (including phenoxy) is 1. The molecule has 132 valence electrons. The number of halogens is 2. The van der Waals surface area contributed by atoms with Gasteiger partial charge in [-0.3, -0.25) is 9.69 Å². The number of anilines is 1. The second kappa shape index (κ2) is 8.45. The first-order valence-electron chi connectivity index (χ1n) is 8.17. The lowest BCUT2D eigenvalue weighted by atomic mass is 10.1. The molecule has 2 aromatic carbocycles. The summed E-state index contributed by atoms with van der Waals surface area (Å²) in [6, 6.07) is 14.0. The van der Waals surface area contributed by atoms with Gasteiger partial charge in [0.25, 0.3) is 0 Å². The number of carbonyl (C=O) groups excluding carboxylic acids is 1. The standard InChI is InChI=1S/C19H20Br2N2O2/c1-13-10-16(21)6-7-17(13)22-19(24)12-23-8-9-25-18(11-23)14-2-4-15(20)5-3-14/h2-7,10,18H,8-9,11-12H2,1H3,(H,22,24). The molecule has 1 aliphatic heterocycles. The molecule has 2 aromatic rings. The number of hydrogen-bond donors (Lipinski definition) is 1. The number of morpholine rings is 1. The van der Waals surface area contributed by atoms with Crippen LogP contribution in [0, 0.1) is 6.92 Å². The van der Waals surface area contributed by atoms with Crippen molar-refractivity contribution in [1.29, 1.82) is 0 Å². The van der Waals surface area contributed by atoms with E-state index < -0.39 is 0 Å². The van der Waals surface area contributed by atoms with E-state index in [1.165, 1.54) is 0 Å². The Labute approximate surface area is 164 Å². The average Bonchev–Trinajstić information content (AvgIpc) is 2.58. The van der Waals surface area contributed by atoms with Crippen LogP contribution in [0.5, 0.6) is 0 Å². The normalized spacial score (nSPS) is 18.1. The summed E-state index contributed by atoms with van der Waals surface area (Å²) in [5, 5.41) is 3.00. The lowest BCUT2D eigenvalue weighted by Crippen LogP contribution is -2.42. The Morgan fingerprint density at radius 1 is 1.20 bits per heavy atom. The van der Waals surface area contributed by atoms with E-state index in [2.05, 4.69) is 54.2 Å². The highest BCUT2D eigenvalue weighted by Crippen LogP contribution is 2.24. The molecule has 1 atom stereocenters. The summed E-state index contributed by atoms with van der Waals surface area (Å²) in [6.07, 6.45) is 0.00377. The predicted molar refractivity (Wildman–Crippen MR) is 107 cm³/mol. The zero-order valence-electron chi connectivity index (χ0n) is 14.0. The van der Waals surface area contributed by atoms with Gasteiger partial charge in [0.05, 0.1) is 19.3 Å². The Morgan fingerprint density at radius 3 is 2.64 bits per heavy atom. The summed E-state index contributed by atoms with van der Waals surface area (Å²) < 4.78 is 7.93. The van der Waals surface area contributed by atoms with Gasteiger partial charge in [0.2, 0.25) is 5.91 Å². The first-order valence-corrected chi connectivity index (χ1v) is 9.75. The van der Waals surface area contributed by atoms with Crippen LogP contribution in [0.15, 0.2) is 51.4 Å². The first kappa shape index (κ1) is 18.6. The molecule has 0 spiro atoms. The van der Waals surface area contributed by atoms with E-state index in [4.69, 9.17) is 4.74 Å². The molecule has 1 N–H and O–H groups in total. The summed E-state index contributed by atoms with van der Waals surface area (Å²) in [5.41, 5.74) is 3.03. The fourth-order valence-corrected chi connectivity index (χ4v) is 3.63. The number of hydrogen-bond acceptors (Lipinski definition) is 3. The van der Waals surface area contributed by atoms with Crippen molar-refractivity contribution in [2.24, 2.45) is 0 Å². The predicted octanol–water partition coefficient (Wildman–Crippen LogP) is 4.53. The third-order valence-corrected chi connectivity index (χ3v) is 5.24. The van der Waals surface area contributed by atoms with Crippen molar-refractivity contribution in [3.05, 3.63) is 62.5 Å². The number of aryl methyl sites for hydroxylation is 1. The number of benzene rings is 2. The number of nitrogens with one attached hydrogen (secondary N) is 1. The highest BCUT2D eigenvalue weighted by Gasteiger charge is 2.23. The minimum absolute atomic E-state index is 0.00174. The van der Waals surface area contributed by atoms with Gasteiger partial charge in [0.1, 0.15) is 0 Å². The smallest absolute Gasteiger partial charge is 0.238 e. The second-order valence-electron chi connectivity index (χ2n) is 6.15. The Bertz CT molecular complexity index is 750. The van der Waals surface area contributed by atoms with Crippen LogP contribution in [0.3, 0.4) is 0 Å². The van der Waals surface area contributed by atoms with E-state index in [9.17, 15) is 4.79 Å². The zero-order chi connectivity index (χ0) is 17.8. The quantitative estimate of drug-likeness (QED) is 0.718. The molecule has 3 rings (SSSR count). The third kappa shape index (κ3) is 5.14. The van der Waals surface area contributed by atoms with E-state index in [0.717, 1.165) is 32.3 Å². The van der Waals surface area contributed by atoms with Crippen molar-refractivity contribution in [1.82, 2.24) is 4.90 Å². The molecule has 6 heteroatoms. The van der Waals surface area contributed by atoms with Crippen LogP contribution < -0.4 is 5.32 Å². The van der Waals surface area contributed by atoms with Crippen LogP contribution in [-0.4, -0.2) is 37.0 Å². The van der Waals surface area contributed by atoms with Crippen LogP contribution >= 0.6 is 31.9 Å².